The summed E-state index contributed by atoms with van der Waals surface area (Å²) in [5.41, 5.74) is 8.50. The number of fused-ring (bicyclic) bond motifs is 1. The van der Waals surface area contributed by atoms with Crippen LogP contribution in [0.1, 0.15) is 75.3 Å². The minimum Gasteiger partial charge on any atom is -0.381 e. The molecule has 2 aliphatic heterocycles. The first-order chi connectivity index (χ1) is 24.9. The summed E-state index contributed by atoms with van der Waals surface area (Å²) in [6, 6.07) is 17.9. The van der Waals surface area contributed by atoms with Gasteiger partial charge in [-0.25, -0.2) is 9.67 Å². The van der Waals surface area contributed by atoms with E-state index < -0.39 is 0 Å². The van der Waals surface area contributed by atoms with Crippen LogP contribution in [0.15, 0.2) is 54.7 Å². The Morgan fingerprint density at radius 1 is 0.961 bits per heavy atom. The van der Waals surface area contributed by atoms with E-state index in [1.54, 1.807) is 0 Å². The molecule has 2 aliphatic rings. The maximum Gasteiger partial charge on any atom is 0.220 e. The Labute approximate surface area is 301 Å². The Balaban J connectivity index is 0.990. The molecule has 2 aromatic heterocycles. The lowest BCUT2D eigenvalue weighted by Crippen LogP contribution is -2.48. The van der Waals surface area contributed by atoms with Gasteiger partial charge in [0.2, 0.25) is 11.8 Å². The number of amides is 2. The number of aromatic nitrogens is 3. The number of nitrogens with one attached hydrogen (secondary N) is 4. The van der Waals surface area contributed by atoms with Crippen LogP contribution in [0.5, 0.6) is 0 Å². The number of carbonyl (C=O) groups is 2. The molecule has 0 unspecified atom stereocenters. The van der Waals surface area contributed by atoms with E-state index in [-0.39, 0.29) is 24.3 Å². The second kappa shape index (κ2) is 17.7. The fourth-order valence-electron chi connectivity index (χ4n) is 7.20. The summed E-state index contributed by atoms with van der Waals surface area (Å²) in [5.74, 6) is -0.133. The van der Waals surface area contributed by atoms with E-state index >= 15 is 0 Å². The molecule has 6 rings (SSSR count). The molecule has 0 aliphatic carbocycles. The Morgan fingerprint density at radius 2 is 1.67 bits per heavy atom. The van der Waals surface area contributed by atoms with Crippen molar-refractivity contribution in [3.63, 3.8) is 0 Å². The van der Waals surface area contributed by atoms with Crippen molar-refractivity contribution in [1.82, 2.24) is 35.6 Å². The zero-order valence-electron chi connectivity index (χ0n) is 30.5. The van der Waals surface area contributed by atoms with Gasteiger partial charge in [-0.3, -0.25) is 14.5 Å². The number of rotatable bonds is 15. The molecule has 4 aromatic rings. The Morgan fingerprint density at radius 3 is 2.37 bits per heavy atom. The molecule has 1 atom stereocenters. The highest BCUT2D eigenvalue weighted by molar-refractivity contribution is 5.92. The third-order valence-electron chi connectivity index (χ3n) is 9.98. The second-order valence-electron chi connectivity index (χ2n) is 13.9. The highest BCUT2D eigenvalue weighted by atomic mass is 16.5. The Kier molecular flexibility index (Phi) is 12.7. The van der Waals surface area contributed by atoms with Crippen LogP contribution >= 0.6 is 0 Å². The molecule has 0 bridgehead atoms. The smallest absolute Gasteiger partial charge is 0.220 e. The van der Waals surface area contributed by atoms with Crippen molar-refractivity contribution < 1.29 is 14.3 Å². The maximum absolute atomic E-state index is 13.0. The first-order valence-electron chi connectivity index (χ1n) is 18.8. The number of carbonyl (C=O) groups excluding carboxylic acids is 2. The van der Waals surface area contributed by atoms with Crippen molar-refractivity contribution in [2.75, 3.05) is 38.2 Å². The zero-order valence-corrected chi connectivity index (χ0v) is 30.5. The first kappa shape index (κ1) is 36.5. The van der Waals surface area contributed by atoms with Crippen molar-refractivity contribution in [1.29, 1.82) is 0 Å². The quantitative estimate of drug-likeness (QED) is 0.134. The normalized spacial score (nSPS) is 17.0. The Hall–Kier alpha value is -4.32. The van der Waals surface area contributed by atoms with Gasteiger partial charge in [-0.2, -0.15) is 5.10 Å². The van der Waals surface area contributed by atoms with E-state index in [9.17, 15) is 9.59 Å². The van der Waals surface area contributed by atoms with Gasteiger partial charge in [0, 0.05) is 95.2 Å². The second-order valence-corrected chi connectivity index (χ2v) is 13.9. The van der Waals surface area contributed by atoms with Crippen LogP contribution in [0.2, 0.25) is 0 Å². The monoisotopic (exact) mass is 694 g/mol. The average Bonchev–Trinajstić information content (AvgIpc) is 3.57. The topological polar surface area (TPSA) is 125 Å². The number of pyridine rings is 1. The molecule has 4 heterocycles. The van der Waals surface area contributed by atoms with Crippen molar-refractivity contribution in [2.24, 2.45) is 0 Å². The molecule has 11 nitrogen and oxygen atoms in total. The molecule has 2 fully saturated rings. The van der Waals surface area contributed by atoms with Gasteiger partial charge in [-0.1, -0.05) is 43.3 Å². The minimum absolute atomic E-state index is 0.0562. The molecule has 51 heavy (non-hydrogen) atoms. The van der Waals surface area contributed by atoms with Crippen LogP contribution in [0, 0.1) is 0 Å². The SMILES string of the molecule is CCc1nc2c(cnn2CC)c(NC2CCOCC2)c1CNC(=O)CCCC(=O)NCc1cccc(-c2cccc(CN3CCN[C@@H](C)C3)c2)c1. The van der Waals surface area contributed by atoms with Crippen LogP contribution in [-0.4, -0.2) is 76.4 Å². The standard InChI is InChI=1S/C40H54N8O3/c1-4-36-34(39(45-33-15-19-51-20-16-33)35-25-44-48(5-2)40(35)46-36)24-43-38(50)14-8-13-37(49)42-23-29-9-6-11-31(21-29)32-12-7-10-30(22-32)27-47-18-17-41-28(3)26-47/h6-7,9-12,21-22,25,28,33,41H,4-5,8,13-20,23-24,26-27H2,1-3H3,(H,42,49)(H,43,50)(H,45,46)/t28-/m0/s1. The largest absolute Gasteiger partial charge is 0.381 e. The van der Waals surface area contributed by atoms with Crippen LogP contribution in [0.4, 0.5) is 5.69 Å². The van der Waals surface area contributed by atoms with Crippen LogP contribution < -0.4 is 21.3 Å². The summed E-state index contributed by atoms with van der Waals surface area (Å²) < 4.78 is 7.50. The molecule has 0 spiro atoms. The van der Waals surface area contributed by atoms with Crippen molar-refractivity contribution in [3.8, 4) is 11.1 Å². The van der Waals surface area contributed by atoms with E-state index in [0.717, 1.165) is 104 Å². The summed E-state index contributed by atoms with van der Waals surface area (Å²) >= 11 is 0. The molecule has 272 valence electrons. The van der Waals surface area contributed by atoms with Crippen LogP contribution in [-0.2, 0) is 46.9 Å². The van der Waals surface area contributed by atoms with Crippen molar-refractivity contribution in [3.05, 3.63) is 77.1 Å². The van der Waals surface area contributed by atoms with Crippen LogP contribution in [0.25, 0.3) is 22.2 Å². The van der Waals surface area contributed by atoms with Gasteiger partial charge in [0.05, 0.1) is 17.3 Å². The number of ether oxygens (including phenoxy) is 1. The predicted molar refractivity (Wildman–Crippen MR) is 202 cm³/mol. The zero-order chi connectivity index (χ0) is 35.6. The molecule has 2 aromatic carbocycles. The molecular weight excluding hydrogens is 640 g/mol. The lowest BCUT2D eigenvalue weighted by molar-refractivity contribution is -0.122. The summed E-state index contributed by atoms with van der Waals surface area (Å²) in [4.78, 5) is 33.2. The lowest BCUT2D eigenvalue weighted by atomic mass is 10.0. The third-order valence-corrected chi connectivity index (χ3v) is 9.98. The highest BCUT2D eigenvalue weighted by Gasteiger charge is 2.22. The molecule has 0 radical (unpaired) electrons. The van der Waals surface area contributed by atoms with E-state index in [1.807, 2.05) is 23.0 Å². The fraction of sp³-hybridized carbons (Fsp3) is 0.500. The molecular formula is C40H54N8O3. The molecule has 2 saturated heterocycles. The van der Waals surface area contributed by atoms with Gasteiger partial charge in [0.1, 0.15) is 0 Å². The number of aryl methyl sites for hydroxylation is 2. The summed E-state index contributed by atoms with van der Waals surface area (Å²) in [6.07, 6.45) is 5.52. The maximum atomic E-state index is 13.0. The van der Waals surface area contributed by atoms with Gasteiger partial charge < -0.3 is 26.0 Å². The fourth-order valence-corrected chi connectivity index (χ4v) is 7.20. The molecule has 11 heteroatoms. The van der Waals surface area contributed by atoms with Gasteiger partial charge in [0.15, 0.2) is 5.65 Å². The van der Waals surface area contributed by atoms with Gasteiger partial charge >= 0.3 is 0 Å². The average molecular weight is 695 g/mol. The lowest BCUT2D eigenvalue weighted by Gasteiger charge is -2.31. The minimum atomic E-state index is -0.0763. The summed E-state index contributed by atoms with van der Waals surface area (Å²) in [5, 5.41) is 19.0. The third kappa shape index (κ3) is 9.72. The van der Waals surface area contributed by atoms with E-state index in [2.05, 4.69) is 88.4 Å². The van der Waals surface area contributed by atoms with E-state index in [0.29, 0.717) is 32.0 Å². The predicted octanol–water partition coefficient (Wildman–Crippen LogP) is 5.17. The van der Waals surface area contributed by atoms with Crippen LogP contribution in [0.3, 0.4) is 0 Å². The number of benzene rings is 2. The summed E-state index contributed by atoms with van der Waals surface area (Å²) in [6.45, 7) is 13.5. The van der Waals surface area contributed by atoms with E-state index in [4.69, 9.17) is 9.72 Å². The van der Waals surface area contributed by atoms with Gasteiger partial charge in [0.25, 0.3) is 0 Å². The number of anilines is 1. The summed E-state index contributed by atoms with van der Waals surface area (Å²) in [7, 11) is 0. The molecule has 2 amide bonds. The molecule has 0 saturated carbocycles. The highest BCUT2D eigenvalue weighted by Crippen LogP contribution is 2.31. The number of hydrogen-bond donors (Lipinski definition) is 4. The van der Waals surface area contributed by atoms with Gasteiger partial charge in [-0.05, 0) is 73.9 Å². The van der Waals surface area contributed by atoms with Gasteiger partial charge in [-0.15, -0.1) is 0 Å². The first-order valence-corrected chi connectivity index (χ1v) is 18.8. The number of hydrogen-bond acceptors (Lipinski definition) is 8. The van der Waals surface area contributed by atoms with Crippen molar-refractivity contribution >= 4 is 28.5 Å². The van der Waals surface area contributed by atoms with E-state index in [1.165, 1.54) is 11.1 Å². The number of piperazine rings is 1. The number of nitrogens with zero attached hydrogens (tertiary/aromatic N) is 4. The Bertz CT molecular complexity index is 1780. The molecule has 4 N–H and O–H groups in total. The van der Waals surface area contributed by atoms with Crippen molar-refractivity contribution in [2.45, 2.75) is 97.6 Å².